The number of esters is 1. The lowest BCUT2D eigenvalue weighted by Gasteiger charge is -2.06. The largest absolute Gasteiger partial charge is 0.495 e. The second-order valence-electron chi connectivity index (χ2n) is 3.45. The van der Waals surface area contributed by atoms with Gasteiger partial charge in [-0.05, 0) is 6.92 Å². The van der Waals surface area contributed by atoms with Gasteiger partial charge in [0, 0.05) is 12.3 Å². The van der Waals surface area contributed by atoms with Crippen molar-refractivity contribution in [3.63, 3.8) is 0 Å². The number of carbonyl (C=O) groups excluding carboxylic acids is 1. The van der Waals surface area contributed by atoms with Crippen LogP contribution in [0.2, 0.25) is 5.02 Å². The highest BCUT2D eigenvalue weighted by Gasteiger charge is 2.16. The topological polar surface area (TPSA) is 61.3 Å². The van der Waals surface area contributed by atoms with E-state index in [1.807, 2.05) is 0 Å². The summed E-state index contributed by atoms with van der Waals surface area (Å²) in [5, 5.41) is 0.237. The molecule has 0 aromatic carbocycles. The Morgan fingerprint density at radius 2 is 2.17 bits per heavy atom. The van der Waals surface area contributed by atoms with E-state index in [1.165, 1.54) is 19.5 Å². The van der Waals surface area contributed by atoms with Crippen LogP contribution in [0.15, 0.2) is 18.5 Å². The summed E-state index contributed by atoms with van der Waals surface area (Å²) in [5.74, 6) is 0.0736. The Morgan fingerprint density at radius 1 is 1.39 bits per heavy atom. The number of carbonyl (C=O) groups is 1. The van der Waals surface area contributed by atoms with Crippen molar-refractivity contribution in [2.75, 3.05) is 13.7 Å². The predicted octanol–water partition coefficient (Wildman–Crippen LogP) is 2.47. The van der Waals surface area contributed by atoms with Crippen molar-refractivity contribution >= 4 is 28.6 Å². The van der Waals surface area contributed by atoms with Crippen LogP contribution in [0.5, 0.6) is 5.75 Å². The molecular weight excluding hydrogens is 256 g/mol. The number of pyridine rings is 2. The molecule has 2 rings (SSSR count). The van der Waals surface area contributed by atoms with E-state index in [9.17, 15) is 4.79 Å². The zero-order valence-corrected chi connectivity index (χ0v) is 10.7. The highest BCUT2D eigenvalue weighted by molar-refractivity contribution is 6.37. The monoisotopic (exact) mass is 266 g/mol. The lowest BCUT2D eigenvalue weighted by molar-refractivity contribution is 0.0526. The molecule has 0 bridgehead atoms. The smallest absolute Gasteiger partial charge is 0.341 e. The summed E-state index contributed by atoms with van der Waals surface area (Å²) in [7, 11) is 1.54. The molecule has 18 heavy (non-hydrogen) atoms. The molecule has 2 heterocycles. The van der Waals surface area contributed by atoms with Crippen molar-refractivity contribution in [2.24, 2.45) is 0 Å². The molecule has 2 aromatic heterocycles. The summed E-state index contributed by atoms with van der Waals surface area (Å²) in [6.45, 7) is 2.01. The molecule has 0 N–H and O–H groups in total. The minimum Gasteiger partial charge on any atom is -0.495 e. The third kappa shape index (κ3) is 2.22. The van der Waals surface area contributed by atoms with Gasteiger partial charge in [0.25, 0.3) is 0 Å². The molecule has 0 aliphatic rings. The normalized spacial score (nSPS) is 10.4. The van der Waals surface area contributed by atoms with Gasteiger partial charge in [0.1, 0.15) is 11.3 Å². The van der Waals surface area contributed by atoms with Gasteiger partial charge in [-0.3, -0.25) is 4.98 Å². The average molecular weight is 267 g/mol. The molecule has 0 atom stereocenters. The van der Waals surface area contributed by atoms with E-state index in [2.05, 4.69) is 9.97 Å². The Kier molecular flexibility index (Phi) is 3.62. The predicted molar refractivity (Wildman–Crippen MR) is 67.1 cm³/mol. The molecule has 0 unspecified atom stereocenters. The number of rotatable bonds is 3. The standard InChI is InChI=1S/C12H11ClN2O3/c1-3-18-12(16)8-6-14-9-4-7(17-2)5-15-11(9)10(8)13/h4-6H,3H2,1-2H3. The van der Waals surface area contributed by atoms with Gasteiger partial charge in [-0.25, -0.2) is 9.78 Å². The van der Waals surface area contributed by atoms with Gasteiger partial charge in [-0.15, -0.1) is 0 Å². The minimum absolute atomic E-state index is 0.212. The van der Waals surface area contributed by atoms with Gasteiger partial charge in [0.05, 0.1) is 36.0 Å². The van der Waals surface area contributed by atoms with Crippen LogP contribution in [0.3, 0.4) is 0 Å². The number of hydrogen-bond donors (Lipinski definition) is 0. The molecule has 0 spiro atoms. The molecule has 0 aliphatic carbocycles. The molecular formula is C12H11ClN2O3. The first-order valence-corrected chi connectivity index (χ1v) is 5.70. The number of methoxy groups -OCH3 is 1. The van der Waals surface area contributed by atoms with E-state index >= 15 is 0 Å². The maximum Gasteiger partial charge on any atom is 0.341 e. The first-order chi connectivity index (χ1) is 8.67. The van der Waals surface area contributed by atoms with Gasteiger partial charge in [0.2, 0.25) is 0 Å². The van der Waals surface area contributed by atoms with Crippen LogP contribution >= 0.6 is 11.6 Å². The third-order valence-electron chi connectivity index (χ3n) is 2.35. The second-order valence-corrected chi connectivity index (χ2v) is 3.83. The van der Waals surface area contributed by atoms with Gasteiger partial charge < -0.3 is 9.47 Å². The van der Waals surface area contributed by atoms with Crippen LogP contribution in [-0.4, -0.2) is 29.7 Å². The van der Waals surface area contributed by atoms with E-state index in [4.69, 9.17) is 21.1 Å². The third-order valence-corrected chi connectivity index (χ3v) is 2.73. The van der Waals surface area contributed by atoms with Crippen LogP contribution in [-0.2, 0) is 4.74 Å². The molecule has 0 saturated carbocycles. The van der Waals surface area contributed by atoms with E-state index in [0.717, 1.165) is 0 Å². The SMILES string of the molecule is CCOC(=O)c1cnc2cc(OC)cnc2c1Cl. The zero-order valence-electron chi connectivity index (χ0n) is 9.94. The molecule has 6 heteroatoms. The Hall–Kier alpha value is -1.88. The zero-order chi connectivity index (χ0) is 13.1. The maximum absolute atomic E-state index is 11.6. The minimum atomic E-state index is -0.505. The molecule has 0 aliphatic heterocycles. The number of aromatic nitrogens is 2. The summed E-state index contributed by atoms with van der Waals surface area (Å²) in [6.07, 6.45) is 2.90. The summed E-state index contributed by atoms with van der Waals surface area (Å²) in [4.78, 5) is 19.9. The Bertz CT molecular complexity index is 601. The summed E-state index contributed by atoms with van der Waals surface area (Å²) in [5.41, 5.74) is 1.22. The highest BCUT2D eigenvalue weighted by atomic mass is 35.5. The Morgan fingerprint density at radius 3 is 2.83 bits per heavy atom. The second kappa shape index (κ2) is 5.18. The van der Waals surface area contributed by atoms with Crippen LogP contribution in [0.4, 0.5) is 0 Å². The maximum atomic E-state index is 11.6. The molecule has 0 amide bonds. The summed E-state index contributed by atoms with van der Waals surface area (Å²) < 4.78 is 9.93. The lowest BCUT2D eigenvalue weighted by atomic mass is 10.2. The van der Waals surface area contributed by atoms with Crippen LogP contribution in [0, 0.1) is 0 Å². The van der Waals surface area contributed by atoms with Crippen molar-refractivity contribution < 1.29 is 14.3 Å². The number of hydrogen-bond acceptors (Lipinski definition) is 5. The van der Waals surface area contributed by atoms with Gasteiger partial charge in [0.15, 0.2) is 0 Å². The number of ether oxygens (including phenoxy) is 2. The number of fused-ring (bicyclic) bond motifs is 1. The van der Waals surface area contributed by atoms with Crippen LogP contribution < -0.4 is 4.74 Å². The van der Waals surface area contributed by atoms with Crippen molar-refractivity contribution in [1.82, 2.24) is 9.97 Å². The van der Waals surface area contributed by atoms with Gasteiger partial charge in [-0.2, -0.15) is 0 Å². The first kappa shape index (κ1) is 12.6. The number of nitrogens with zero attached hydrogens (tertiary/aromatic N) is 2. The first-order valence-electron chi connectivity index (χ1n) is 5.32. The van der Waals surface area contributed by atoms with E-state index < -0.39 is 5.97 Å². The molecule has 5 nitrogen and oxygen atoms in total. The van der Waals surface area contributed by atoms with E-state index in [-0.39, 0.29) is 17.2 Å². The fraction of sp³-hybridized carbons (Fsp3) is 0.250. The fourth-order valence-electron chi connectivity index (χ4n) is 1.48. The molecule has 94 valence electrons. The van der Waals surface area contributed by atoms with E-state index in [1.54, 1.807) is 13.0 Å². The fourth-order valence-corrected chi connectivity index (χ4v) is 1.75. The highest BCUT2D eigenvalue weighted by Crippen LogP contribution is 2.26. The number of halogens is 1. The lowest BCUT2D eigenvalue weighted by Crippen LogP contribution is -2.06. The molecule has 2 aromatic rings. The Labute approximate surface area is 109 Å². The van der Waals surface area contributed by atoms with Gasteiger partial charge >= 0.3 is 5.97 Å². The Balaban J connectivity index is 2.54. The van der Waals surface area contributed by atoms with Crippen molar-refractivity contribution in [2.45, 2.75) is 6.92 Å². The van der Waals surface area contributed by atoms with Crippen molar-refractivity contribution in [3.8, 4) is 5.75 Å². The quantitative estimate of drug-likeness (QED) is 0.799. The van der Waals surface area contributed by atoms with Crippen LogP contribution in [0.25, 0.3) is 11.0 Å². The summed E-state index contributed by atoms with van der Waals surface area (Å²) in [6, 6.07) is 1.70. The van der Waals surface area contributed by atoms with E-state index in [0.29, 0.717) is 16.8 Å². The van der Waals surface area contributed by atoms with Crippen LogP contribution in [0.1, 0.15) is 17.3 Å². The van der Waals surface area contributed by atoms with Crippen molar-refractivity contribution in [3.05, 3.63) is 29.0 Å². The molecule has 0 fully saturated rings. The van der Waals surface area contributed by atoms with Gasteiger partial charge in [-0.1, -0.05) is 11.6 Å². The molecule has 0 radical (unpaired) electrons. The average Bonchev–Trinajstić information content (AvgIpc) is 2.38. The van der Waals surface area contributed by atoms with Crippen molar-refractivity contribution in [1.29, 1.82) is 0 Å². The molecule has 0 saturated heterocycles. The summed E-state index contributed by atoms with van der Waals surface area (Å²) >= 11 is 6.12.